The van der Waals surface area contributed by atoms with Crippen molar-refractivity contribution < 1.29 is 0 Å². The van der Waals surface area contributed by atoms with E-state index in [1.807, 2.05) is 17.5 Å². The maximum Gasteiger partial charge on any atom is 0.109 e. The Bertz CT molecular complexity index is 311. The van der Waals surface area contributed by atoms with Gasteiger partial charge in [0, 0.05) is 11.1 Å². The lowest BCUT2D eigenvalue weighted by atomic mass is 10.1. The summed E-state index contributed by atoms with van der Waals surface area (Å²) in [4.78, 5) is 5.83. The van der Waals surface area contributed by atoms with Gasteiger partial charge in [-0.2, -0.15) is 0 Å². The molecule has 0 spiro atoms. The molecule has 0 aliphatic heterocycles. The van der Waals surface area contributed by atoms with Crippen LogP contribution < -0.4 is 11.1 Å². The maximum absolute atomic E-state index is 5.51. The minimum atomic E-state index is 0.362. The average Bonchev–Trinajstić information content (AvgIpc) is 2.82. The van der Waals surface area contributed by atoms with Gasteiger partial charge in [0.25, 0.3) is 0 Å². The largest absolute Gasteiger partial charge is 0.330 e. The normalized spacial score (nSPS) is 14.8. The quantitative estimate of drug-likeness (QED) is 0.751. The zero-order chi connectivity index (χ0) is 12.7. The van der Waals surface area contributed by atoms with E-state index in [0.29, 0.717) is 12.0 Å². The molecule has 98 valence electrons. The Morgan fingerprint density at radius 2 is 2.24 bits per heavy atom. The Labute approximate surface area is 109 Å². The fraction of sp³-hybridized carbons (Fsp3) is 0.769. The van der Waals surface area contributed by atoms with Crippen LogP contribution in [0.5, 0.6) is 0 Å². The van der Waals surface area contributed by atoms with Crippen molar-refractivity contribution in [3.8, 4) is 0 Å². The number of nitrogens with two attached hydrogens (primary N) is 1. The van der Waals surface area contributed by atoms with Crippen LogP contribution in [0.15, 0.2) is 6.20 Å². The molecule has 0 bridgehead atoms. The molecule has 0 saturated heterocycles. The van der Waals surface area contributed by atoms with Crippen LogP contribution in [0.4, 0.5) is 0 Å². The van der Waals surface area contributed by atoms with E-state index in [-0.39, 0.29) is 0 Å². The van der Waals surface area contributed by atoms with Crippen molar-refractivity contribution in [2.45, 2.75) is 46.1 Å². The van der Waals surface area contributed by atoms with Gasteiger partial charge in [-0.3, -0.25) is 0 Å². The second kappa shape index (κ2) is 7.80. The number of nitrogens with zero attached hydrogens (tertiary/aromatic N) is 1. The van der Waals surface area contributed by atoms with Crippen LogP contribution in [0.3, 0.4) is 0 Å². The number of aromatic nitrogens is 1. The molecule has 0 radical (unpaired) electrons. The van der Waals surface area contributed by atoms with Crippen LogP contribution in [0.25, 0.3) is 0 Å². The van der Waals surface area contributed by atoms with Crippen molar-refractivity contribution >= 4 is 11.3 Å². The highest BCUT2D eigenvalue weighted by molar-refractivity contribution is 7.11. The Morgan fingerprint density at radius 3 is 2.82 bits per heavy atom. The minimum Gasteiger partial charge on any atom is -0.330 e. The third-order valence-electron chi connectivity index (χ3n) is 2.96. The number of hydrogen-bond donors (Lipinski definition) is 2. The van der Waals surface area contributed by atoms with Gasteiger partial charge in [-0.15, -0.1) is 11.3 Å². The first-order chi connectivity index (χ1) is 8.17. The molecule has 0 fully saturated rings. The van der Waals surface area contributed by atoms with E-state index in [1.54, 1.807) is 0 Å². The van der Waals surface area contributed by atoms with E-state index in [0.717, 1.165) is 25.9 Å². The van der Waals surface area contributed by atoms with Crippen molar-refractivity contribution in [3.63, 3.8) is 0 Å². The minimum absolute atomic E-state index is 0.362. The molecule has 1 rings (SSSR count). The molecule has 0 aromatic carbocycles. The first kappa shape index (κ1) is 14.6. The summed E-state index contributed by atoms with van der Waals surface area (Å²) in [6, 6.07) is 0.362. The highest BCUT2D eigenvalue weighted by atomic mass is 32.1. The molecular weight excluding hydrogens is 230 g/mol. The molecule has 1 heterocycles. The molecule has 2 unspecified atom stereocenters. The third kappa shape index (κ3) is 5.15. The summed E-state index contributed by atoms with van der Waals surface area (Å²) in [7, 11) is 0. The van der Waals surface area contributed by atoms with Gasteiger partial charge in [0.15, 0.2) is 0 Å². The Kier molecular flexibility index (Phi) is 6.70. The van der Waals surface area contributed by atoms with Gasteiger partial charge < -0.3 is 11.1 Å². The summed E-state index contributed by atoms with van der Waals surface area (Å²) < 4.78 is 0. The first-order valence-corrected chi connectivity index (χ1v) is 7.37. The molecule has 1 aromatic rings. The predicted molar refractivity (Wildman–Crippen MR) is 75.4 cm³/mol. The van der Waals surface area contributed by atoms with Crippen LogP contribution in [0, 0.1) is 5.92 Å². The molecule has 0 aliphatic rings. The smallest absolute Gasteiger partial charge is 0.109 e. The van der Waals surface area contributed by atoms with Crippen molar-refractivity contribution in [1.82, 2.24) is 10.3 Å². The monoisotopic (exact) mass is 255 g/mol. The molecule has 3 N–H and O–H groups in total. The topological polar surface area (TPSA) is 50.9 Å². The summed E-state index contributed by atoms with van der Waals surface area (Å²) in [6.45, 7) is 8.47. The van der Waals surface area contributed by atoms with Crippen LogP contribution in [0.2, 0.25) is 0 Å². The van der Waals surface area contributed by atoms with Crippen molar-refractivity contribution in [2.24, 2.45) is 11.7 Å². The number of thiazole rings is 1. The van der Waals surface area contributed by atoms with Crippen LogP contribution in [-0.2, 0) is 6.42 Å². The number of hydrogen-bond acceptors (Lipinski definition) is 4. The van der Waals surface area contributed by atoms with Crippen molar-refractivity contribution in [2.75, 3.05) is 13.1 Å². The van der Waals surface area contributed by atoms with E-state index in [4.69, 9.17) is 5.73 Å². The Morgan fingerprint density at radius 1 is 1.47 bits per heavy atom. The number of aryl methyl sites for hydroxylation is 1. The molecule has 1 aromatic heterocycles. The SMILES string of the molecule is CCc1cnc(C(C)NCC(C)CCCN)s1. The molecular formula is C13H25N3S. The average molecular weight is 255 g/mol. The summed E-state index contributed by atoms with van der Waals surface area (Å²) in [5.74, 6) is 0.687. The van der Waals surface area contributed by atoms with E-state index in [2.05, 4.69) is 31.1 Å². The zero-order valence-electron chi connectivity index (χ0n) is 11.2. The number of nitrogens with one attached hydrogen (secondary N) is 1. The van der Waals surface area contributed by atoms with E-state index in [9.17, 15) is 0 Å². The second-order valence-corrected chi connectivity index (χ2v) is 5.83. The third-order valence-corrected chi connectivity index (χ3v) is 4.29. The Balaban J connectivity index is 2.31. The lowest BCUT2D eigenvalue weighted by molar-refractivity contribution is 0.439. The van der Waals surface area contributed by atoms with E-state index in [1.165, 1.54) is 16.3 Å². The van der Waals surface area contributed by atoms with Gasteiger partial charge in [0.1, 0.15) is 5.01 Å². The molecule has 17 heavy (non-hydrogen) atoms. The molecule has 3 nitrogen and oxygen atoms in total. The highest BCUT2D eigenvalue weighted by Gasteiger charge is 2.10. The summed E-state index contributed by atoms with van der Waals surface area (Å²) in [5.41, 5.74) is 5.51. The molecule has 2 atom stereocenters. The fourth-order valence-corrected chi connectivity index (χ4v) is 2.60. The summed E-state index contributed by atoms with van der Waals surface area (Å²) in [6.07, 6.45) is 5.40. The number of rotatable bonds is 8. The van der Waals surface area contributed by atoms with Crippen LogP contribution in [0.1, 0.15) is 49.5 Å². The lowest BCUT2D eigenvalue weighted by Crippen LogP contribution is -2.24. The predicted octanol–water partition coefficient (Wildman–Crippen LogP) is 2.73. The van der Waals surface area contributed by atoms with Crippen LogP contribution >= 0.6 is 11.3 Å². The maximum atomic E-state index is 5.51. The first-order valence-electron chi connectivity index (χ1n) is 6.55. The zero-order valence-corrected chi connectivity index (χ0v) is 12.0. The van der Waals surface area contributed by atoms with Gasteiger partial charge in [0.2, 0.25) is 0 Å². The highest BCUT2D eigenvalue weighted by Crippen LogP contribution is 2.20. The van der Waals surface area contributed by atoms with Crippen molar-refractivity contribution in [1.29, 1.82) is 0 Å². The molecule has 4 heteroatoms. The van der Waals surface area contributed by atoms with E-state index >= 15 is 0 Å². The van der Waals surface area contributed by atoms with Gasteiger partial charge >= 0.3 is 0 Å². The van der Waals surface area contributed by atoms with Gasteiger partial charge in [-0.25, -0.2) is 4.98 Å². The second-order valence-electron chi connectivity index (χ2n) is 4.68. The summed E-state index contributed by atoms with van der Waals surface area (Å²) in [5, 5.41) is 4.75. The standard InChI is InChI=1S/C13H25N3S/c1-4-12-9-16-13(17-12)11(3)15-8-10(2)6-5-7-14/h9-11,15H,4-8,14H2,1-3H3. The molecule has 0 saturated carbocycles. The van der Waals surface area contributed by atoms with Gasteiger partial charge in [0.05, 0.1) is 6.04 Å². The molecule has 0 aliphatic carbocycles. The molecule has 0 amide bonds. The lowest BCUT2D eigenvalue weighted by Gasteiger charge is -2.15. The van der Waals surface area contributed by atoms with Crippen LogP contribution in [-0.4, -0.2) is 18.1 Å². The van der Waals surface area contributed by atoms with E-state index < -0.39 is 0 Å². The van der Waals surface area contributed by atoms with Crippen molar-refractivity contribution in [3.05, 3.63) is 16.1 Å². The van der Waals surface area contributed by atoms with Gasteiger partial charge in [-0.05, 0) is 45.2 Å². The fourth-order valence-electron chi connectivity index (χ4n) is 1.72. The summed E-state index contributed by atoms with van der Waals surface area (Å²) >= 11 is 1.82. The Hall–Kier alpha value is -0.450. The van der Waals surface area contributed by atoms with Gasteiger partial charge in [-0.1, -0.05) is 13.8 Å².